The molecule has 2 aliphatic heterocycles. The highest BCUT2D eigenvalue weighted by Crippen LogP contribution is 2.39. The van der Waals surface area contributed by atoms with Gasteiger partial charge >= 0.3 is 5.97 Å². The summed E-state index contributed by atoms with van der Waals surface area (Å²) in [5.41, 5.74) is 0.721. The molecule has 2 saturated heterocycles. The number of ether oxygens (including phenoxy) is 1. The van der Waals surface area contributed by atoms with Crippen molar-refractivity contribution in [1.29, 1.82) is 0 Å². The van der Waals surface area contributed by atoms with E-state index >= 15 is 14.4 Å². The third kappa shape index (κ3) is 14.1. The van der Waals surface area contributed by atoms with E-state index in [9.17, 15) is 49.4 Å². The highest BCUT2D eigenvalue weighted by molar-refractivity contribution is 6.30. The standard InChI is InChI=1S/C55H69ClN10O14/c1-7-15-32-22-42-55(74)80-31(6)47(62-49(68)37(23-35-25-40(35)65(76)77)57-50(69)39-20-21-43(56)64(39)75)53(72)61-45(29(4)33-16-11-9-12-17-33)51(70)58-38(24-36-26-41(36)66(78)79)48(67)60-46(30(5)34-18-13-10-14-19-34)52(71)59-44(28(3)8-2)54(73)63(42)27-32/h7,9-21,28-32,35-38,40-42,44-47,75H,8,22-27H2,1-6H3,(H,57,69)(H,58,70)(H,59,71)(H,60,67)(H,61,72)(H,62,68)/b15-7-/t28-,29+,30+,31+,32-,35+,36+,37-,38?,40+,41+,42-,44-,45-,46-,47+/m0/s1. The van der Waals surface area contributed by atoms with Crippen molar-refractivity contribution >= 4 is 58.9 Å². The third-order valence-electron chi connectivity index (χ3n) is 16.0. The number of esters is 1. The SMILES string of the molecule is C/C=C\[C@H]1C[C@H]2C(=O)O[C@H](C)[C@@H](NC(=O)[C@H](C[C@@H]3C[C@H]3[N+](=O)[O-])NC(=O)c3ccc(Cl)n3O)C(=O)N[C@@H]([C@H](C)c3ccccc3)C(=O)NC(C[C@@H]3C[C@H]3[N+](=O)[O-])C(=O)N[C@@H]([C@H](C)c3ccccc3)C(=O)N[C@@H]([C@@H](C)CC)C(=O)N2C1. The minimum Gasteiger partial charge on any atom is -0.458 e. The topological polar surface area (TPSA) is 333 Å². The molecule has 16 atom stereocenters. The Labute approximate surface area is 466 Å². The predicted molar refractivity (Wildman–Crippen MR) is 288 cm³/mol. The quantitative estimate of drug-likeness (QED) is 0.0335. The van der Waals surface area contributed by atoms with Crippen molar-refractivity contribution in [2.45, 2.75) is 152 Å². The fourth-order valence-electron chi connectivity index (χ4n) is 10.7. The van der Waals surface area contributed by atoms with E-state index in [0.29, 0.717) is 22.3 Å². The van der Waals surface area contributed by atoms with Gasteiger partial charge in [-0.05, 0) is 68.2 Å². The Hall–Kier alpha value is -7.89. The molecule has 0 radical (unpaired) electrons. The van der Waals surface area contributed by atoms with Gasteiger partial charge in [-0.1, -0.05) is 119 Å². The van der Waals surface area contributed by atoms with Gasteiger partial charge in [-0.3, -0.25) is 53.8 Å². The first kappa shape index (κ1) is 59.8. The van der Waals surface area contributed by atoms with E-state index in [1.165, 1.54) is 17.9 Å². The Morgan fingerprint density at radius 1 is 0.787 bits per heavy atom. The van der Waals surface area contributed by atoms with Gasteiger partial charge in [-0.15, -0.1) is 0 Å². The van der Waals surface area contributed by atoms with Crippen molar-refractivity contribution in [3.05, 3.63) is 127 Å². The summed E-state index contributed by atoms with van der Waals surface area (Å²) in [6.45, 7) is 9.88. The number of carbonyl (C=O) groups excluding carboxylic acids is 8. The summed E-state index contributed by atoms with van der Waals surface area (Å²) in [4.78, 5) is 142. The first-order chi connectivity index (χ1) is 38.0. The predicted octanol–water partition coefficient (Wildman–Crippen LogP) is 3.40. The number of amides is 7. The van der Waals surface area contributed by atoms with Crippen molar-refractivity contribution in [2.24, 2.45) is 23.7 Å². The van der Waals surface area contributed by atoms with E-state index in [1.54, 1.807) is 107 Å². The van der Waals surface area contributed by atoms with Gasteiger partial charge in [-0.2, -0.15) is 4.73 Å². The summed E-state index contributed by atoms with van der Waals surface area (Å²) >= 11 is 5.98. The molecule has 7 rings (SSSR count). The number of hydrogen-bond acceptors (Lipinski definition) is 14. The average molecular weight is 1130 g/mol. The van der Waals surface area contributed by atoms with Crippen LogP contribution < -0.4 is 31.9 Å². The van der Waals surface area contributed by atoms with Gasteiger partial charge in [0.1, 0.15) is 59.2 Å². The fourth-order valence-corrected chi connectivity index (χ4v) is 10.8. The molecule has 0 spiro atoms. The molecule has 2 saturated carbocycles. The summed E-state index contributed by atoms with van der Waals surface area (Å²) in [6.07, 6.45) is 1.86. The molecule has 3 heterocycles. The van der Waals surface area contributed by atoms with Crippen LogP contribution in [0, 0.1) is 43.9 Å². The Morgan fingerprint density at radius 3 is 1.86 bits per heavy atom. The molecule has 25 heteroatoms. The van der Waals surface area contributed by atoms with Crippen LogP contribution in [0.25, 0.3) is 0 Å². The average Bonchev–Trinajstić information content (AvgIpc) is 4.33. The molecule has 7 N–H and O–H groups in total. The number of benzene rings is 2. The van der Waals surface area contributed by atoms with Crippen LogP contribution in [-0.4, -0.2) is 139 Å². The molecule has 24 nitrogen and oxygen atoms in total. The summed E-state index contributed by atoms with van der Waals surface area (Å²) < 4.78 is 6.43. The summed E-state index contributed by atoms with van der Waals surface area (Å²) in [5.74, 6) is -11.6. The van der Waals surface area contributed by atoms with E-state index in [1.807, 2.05) is 0 Å². The van der Waals surface area contributed by atoms with E-state index in [0.717, 1.165) is 6.07 Å². The number of hydrogen-bond donors (Lipinski definition) is 7. The zero-order valence-corrected chi connectivity index (χ0v) is 45.9. The van der Waals surface area contributed by atoms with Gasteiger partial charge in [-0.25, -0.2) is 4.79 Å². The lowest BCUT2D eigenvalue weighted by Crippen LogP contribution is -2.62. The molecule has 0 bridgehead atoms. The first-order valence-corrected chi connectivity index (χ1v) is 27.3. The Kier molecular flexibility index (Phi) is 19.4. The van der Waals surface area contributed by atoms with Crippen LogP contribution in [0.15, 0.2) is 84.9 Å². The third-order valence-corrected chi connectivity index (χ3v) is 16.3. The lowest BCUT2D eigenvalue weighted by Gasteiger charge is -2.34. The Balaban J connectivity index is 1.33. The maximum absolute atomic E-state index is 15.2. The number of nitrogens with zero attached hydrogens (tertiary/aromatic N) is 4. The highest BCUT2D eigenvalue weighted by atomic mass is 35.5. The van der Waals surface area contributed by atoms with E-state index in [-0.39, 0.29) is 43.8 Å². The number of allylic oxidation sites excluding steroid dienone is 1. The van der Waals surface area contributed by atoms with E-state index < -0.39 is 159 Å². The van der Waals surface area contributed by atoms with E-state index in [2.05, 4.69) is 31.9 Å². The van der Waals surface area contributed by atoms with Crippen molar-refractivity contribution in [3.8, 4) is 0 Å². The maximum atomic E-state index is 15.2. The highest BCUT2D eigenvalue weighted by Gasteiger charge is 2.52. The van der Waals surface area contributed by atoms with Crippen LogP contribution in [0.5, 0.6) is 0 Å². The van der Waals surface area contributed by atoms with Gasteiger partial charge in [0.2, 0.25) is 47.5 Å². The molecule has 7 amide bonds. The van der Waals surface area contributed by atoms with Gasteiger partial charge in [0.15, 0.2) is 0 Å². The van der Waals surface area contributed by atoms with Gasteiger partial charge < -0.3 is 46.7 Å². The van der Waals surface area contributed by atoms with Crippen LogP contribution in [0.4, 0.5) is 0 Å². The summed E-state index contributed by atoms with van der Waals surface area (Å²) in [6, 6.07) is 6.69. The second-order valence-electron chi connectivity index (χ2n) is 21.5. The number of cyclic esters (lactones) is 1. The molecule has 80 heavy (non-hydrogen) atoms. The maximum Gasteiger partial charge on any atom is 0.329 e. The second kappa shape index (κ2) is 25.9. The molecule has 3 aromatic rings. The minimum absolute atomic E-state index is 0.00168. The molecule has 430 valence electrons. The molecule has 1 aromatic heterocycles. The molecule has 1 unspecified atom stereocenters. The molecule has 2 aromatic carbocycles. The number of nitrogens with one attached hydrogen (secondary N) is 6. The zero-order valence-electron chi connectivity index (χ0n) is 45.2. The van der Waals surface area contributed by atoms with Crippen molar-refractivity contribution in [1.82, 2.24) is 41.5 Å². The van der Waals surface area contributed by atoms with Crippen LogP contribution in [0.2, 0.25) is 5.15 Å². The normalized spacial score (nSPS) is 29.1. The van der Waals surface area contributed by atoms with Gasteiger partial charge in [0.05, 0.1) is 0 Å². The monoisotopic (exact) mass is 1130 g/mol. The van der Waals surface area contributed by atoms with Crippen LogP contribution >= 0.6 is 11.6 Å². The van der Waals surface area contributed by atoms with Gasteiger partial charge in [0.25, 0.3) is 5.91 Å². The summed E-state index contributed by atoms with van der Waals surface area (Å²) in [5, 5.41) is 50.1. The largest absolute Gasteiger partial charge is 0.458 e. The van der Waals surface area contributed by atoms with Crippen LogP contribution in [0.1, 0.15) is 114 Å². The van der Waals surface area contributed by atoms with Gasteiger partial charge in [0, 0.05) is 52.9 Å². The second-order valence-corrected chi connectivity index (χ2v) is 21.9. The molecular formula is C55H69ClN10O14. The molecule has 2 aliphatic carbocycles. The minimum atomic E-state index is -1.93. The Bertz CT molecular complexity index is 2850. The summed E-state index contributed by atoms with van der Waals surface area (Å²) in [7, 11) is 0. The van der Waals surface area contributed by atoms with Crippen molar-refractivity contribution < 1.29 is 58.1 Å². The fraction of sp³-hybridized carbons (Fsp3) is 0.527. The number of fused-ring (bicyclic) bond motifs is 1. The number of carbonyl (C=O) groups is 8. The smallest absolute Gasteiger partial charge is 0.329 e. The molecular weight excluding hydrogens is 1060 g/mol. The van der Waals surface area contributed by atoms with Crippen molar-refractivity contribution in [2.75, 3.05) is 6.54 Å². The molecule has 4 fully saturated rings. The van der Waals surface area contributed by atoms with Crippen molar-refractivity contribution in [3.63, 3.8) is 0 Å². The number of halogens is 1. The number of nitro groups is 2. The number of aromatic nitrogens is 1. The number of rotatable bonds is 17. The first-order valence-electron chi connectivity index (χ1n) is 26.9. The van der Waals surface area contributed by atoms with Crippen LogP contribution in [-0.2, 0) is 38.3 Å². The molecule has 4 aliphatic rings. The lowest BCUT2D eigenvalue weighted by atomic mass is 9.90. The van der Waals surface area contributed by atoms with E-state index in [4.69, 9.17) is 16.3 Å². The van der Waals surface area contributed by atoms with Crippen LogP contribution in [0.3, 0.4) is 0 Å². The Morgan fingerprint density at radius 2 is 1.34 bits per heavy atom. The lowest BCUT2D eigenvalue weighted by molar-refractivity contribution is -0.498. The zero-order chi connectivity index (χ0) is 58.3.